The molecule has 0 saturated heterocycles. The quantitative estimate of drug-likeness (QED) is 0.699. The van der Waals surface area contributed by atoms with Gasteiger partial charge in [0.2, 0.25) is 16.0 Å². The van der Waals surface area contributed by atoms with Crippen molar-refractivity contribution in [1.29, 1.82) is 0 Å². The summed E-state index contributed by atoms with van der Waals surface area (Å²) in [6.07, 6.45) is 0. The number of sulfonamides is 1. The van der Waals surface area contributed by atoms with Crippen molar-refractivity contribution in [2.24, 2.45) is 0 Å². The van der Waals surface area contributed by atoms with Gasteiger partial charge in [0.05, 0.1) is 5.75 Å². The van der Waals surface area contributed by atoms with Crippen molar-refractivity contribution in [3.8, 4) is 0 Å². The molecule has 0 bridgehead atoms. The van der Waals surface area contributed by atoms with E-state index in [-0.39, 0.29) is 18.0 Å². The first kappa shape index (κ1) is 13.5. The third-order valence-electron chi connectivity index (χ3n) is 1.92. The van der Waals surface area contributed by atoms with Crippen molar-refractivity contribution in [3.05, 3.63) is 29.8 Å². The molecule has 1 rings (SSSR count). The number of pyridine rings is 1. The van der Waals surface area contributed by atoms with Gasteiger partial charge >= 0.3 is 0 Å². The molecule has 1 amide bonds. The second kappa shape index (κ2) is 5.69. The molecule has 0 aliphatic heterocycles. The topological polar surface area (TPSA) is 88.2 Å². The van der Waals surface area contributed by atoms with Crippen molar-refractivity contribution in [2.45, 2.75) is 0 Å². The number of hydrogen-bond acceptors (Lipinski definition) is 4. The molecule has 1 aromatic rings. The van der Waals surface area contributed by atoms with Crippen LogP contribution in [0, 0.1) is 5.95 Å². The Morgan fingerprint density at radius 1 is 1.47 bits per heavy atom. The van der Waals surface area contributed by atoms with Gasteiger partial charge in [-0.25, -0.2) is 18.1 Å². The molecular weight excluding hydrogens is 249 g/mol. The summed E-state index contributed by atoms with van der Waals surface area (Å²) in [5, 5.41) is 2.33. The molecular formula is C9H12FN3O3S. The second-order valence-corrected chi connectivity index (χ2v) is 5.17. The maximum absolute atomic E-state index is 12.7. The van der Waals surface area contributed by atoms with Crippen LogP contribution >= 0.6 is 0 Å². The highest BCUT2D eigenvalue weighted by atomic mass is 32.2. The van der Waals surface area contributed by atoms with Crippen LogP contribution in [-0.2, 0) is 10.0 Å². The summed E-state index contributed by atoms with van der Waals surface area (Å²) in [5.74, 6) is -1.62. The molecule has 0 aliphatic rings. The van der Waals surface area contributed by atoms with E-state index in [0.29, 0.717) is 0 Å². The molecule has 0 fully saturated rings. The first-order chi connectivity index (χ1) is 7.94. The number of halogens is 1. The highest BCUT2D eigenvalue weighted by molar-refractivity contribution is 7.89. The largest absolute Gasteiger partial charge is 0.350 e. The summed E-state index contributed by atoms with van der Waals surface area (Å²) < 4.78 is 36.9. The van der Waals surface area contributed by atoms with Crippen LogP contribution in [-0.4, -0.2) is 38.7 Å². The van der Waals surface area contributed by atoms with Gasteiger partial charge in [0.25, 0.3) is 5.91 Å². The number of carbonyl (C=O) groups is 1. The van der Waals surface area contributed by atoms with E-state index in [1.807, 2.05) is 0 Å². The van der Waals surface area contributed by atoms with Crippen LogP contribution in [0.4, 0.5) is 4.39 Å². The Morgan fingerprint density at radius 2 is 2.18 bits per heavy atom. The van der Waals surface area contributed by atoms with E-state index < -0.39 is 21.9 Å². The second-order valence-electron chi connectivity index (χ2n) is 3.12. The first-order valence-electron chi connectivity index (χ1n) is 4.76. The molecule has 6 nitrogen and oxygen atoms in total. The number of amides is 1. The molecule has 2 N–H and O–H groups in total. The van der Waals surface area contributed by atoms with Gasteiger partial charge in [-0.15, -0.1) is 0 Å². The molecule has 94 valence electrons. The van der Waals surface area contributed by atoms with Crippen LogP contribution in [0.2, 0.25) is 0 Å². The third-order valence-corrected chi connectivity index (χ3v) is 3.28. The van der Waals surface area contributed by atoms with Crippen molar-refractivity contribution in [1.82, 2.24) is 15.0 Å². The van der Waals surface area contributed by atoms with E-state index in [2.05, 4.69) is 15.0 Å². The van der Waals surface area contributed by atoms with Crippen molar-refractivity contribution >= 4 is 15.9 Å². The zero-order valence-electron chi connectivity index (χ0n) is 9.10. The van der Waals surface area contributed by atoms with Gasteiger partial charge in [0.15, 0.2) is 0 Å². The zero-order chi connectivity index (χ0) is 12.9. The van der Waals surface area contributed by atoms with Crippen LogP contribution in [0.15, 0.2) is 18.2 Å². The van der Waals surface area contributed by atoms with Gasteiger partial charge in [-0.3, -0.25) is 4.79 Å². The maximum atomic E-state index is 12.7. The molecule has 0 spiro atoms. The zero-order valence-corrected chi connectivity index (χ0v) is 9.92. The minimum atomic E-state index is -3.36. The van der Waals surface area contributed by atoms with Gasteiger partial charge in [-0.1, -0.05) is 6.07 Å². The molecule has 17 heavy (non-hydrogen) atoms. The monoisotopic (exact) mass is 261 g/mol. The number of aromatic nitrogens is 1. The van der Waals surface area contributed by atoms with Gasteiger partial charge in [-0.2, -0.15) is 4.39 Å². The fourth-order valence-electron chi connectivity index (χ4n) is 1.03. The van der Waals surface area contributed by atoms with Crippen molar-refractivity contribution in [2.75, 3.05) is 19.3 Å². The Bertz CT molecular complexity index is 504. The van der Waals surface area contributed by atoms with Gasteiger partial charge in [-0.05, 0) is 19.2 Å². The molecule has 1 aromatic heterocycles. The number of rotatable bonds is 5. The number of hydrogen-bond donors (Lipinski definition) is 2. The lowest BCUT2D eigenvalue weighted by atomic mass is 10.3. The summed E-state index contributed by atoms with van der Waals surface area (Å²) in [6, 6.07) is 3.80. The fourth-order valence-corrected chi connectivity index (χ4v) is 1.60. The Hall–Kier alpha value is -1.54. The normalized spacial score (nSPS) is 11.2. The van der Waals surface area contributed by atoms with Crippen molar-refractivity contribution in [3.63, 3.8) is 0 Å². The summed E-state index contributed by atoms with van der Waals surface area (Å²) in [6.45, 7) is -0.0692. The molecule has 1 heterocycles. The van der Waals surface area contributed by atoms with Crippen LogP contribution in [0.3, 0.4) is 0 Å². The van der Waals surface area contributed by atoms with Crippen LogP contribution in [0.5, 0.6) is 0 Å². The Labute approximate surface area is 98.3 Å². The predicted molar refractivity (Wildman–Crippen MR) is 59.4 cm³/mol. The molecule has 0 aromatic carbocycles. The Morgan fingerprint density at radius 3 is 2.76 bits per heavy atom. The highest BCUT2D eigenvalue weighted by Gasteiger charge is 2.10. The molecule has 0 unspecified atom stereocenters. The third kappa shape index (κ3) is 4.45. The molecule has 0 atom stereocenters. The average molecular weight is 261 g/mol. The minimum absolute atomic E-state index is 0.0692. The average Bonchev–Trinajstić information content (AvgIpc) is 2.28. The first-order valence-corrected chi connectivity index (χ1v) is 6.42. The van der Waals surface area contributed by atoms with Crippen LogP contribution in [0.25, 0.3) is 0 Å². The molecule has 0 saturated carbocycles. The lowest BCUT2D eigenvalue weighted by molar-refractivity contribution is 0.0950. The molecule has 0 radical (unpaired) electrons. The van der Waals surface area contributed by atoms with Crippen LogP contribution < -0.4 is 10.0 Å². The number of carbonyl (C=O) groups excluding carboxylic acids is 1. The fraction of sp³-hybridized carbons (Fsp3) is 0.333. The van der Waals surface area contributed by atoms with Gasteiger partial charge < -0.3 is 5.32 Å². The summed E-state index contributed by atoms with van der Waals surface area (Å²) in [4.78, 5) is 14.8. The Balaban J connectivity index is 2.51. The van der Waals surface area contributed by atoms with Gasteiger partial charge in [0, 0.05) is 6.54 Å². The van der Waals surface area contributed by atoms with Crippen molar-refractivity contribution < 1.29 is 17.6 Å². The maximum Gasteiger partial charge on any atom is 0.270 e. The van der Waals surface area contributed by atoms with E-state index in [4.69, 9.17) is 0 Å². The Kier molecular flexibility index (Phi) is 4.53. The summed E-state index contributed by atoms with van der Waals surface area (Å²) in [7, 11) is -2.08. The van der Waals surface area contributed by atoms with Crippen LogP contribution in [0.1, 0.15) is 10.5 Å². The summed E-state index contributed by atoms with van der Waals surface area (Å²) in [5.41, 5.74) is -0.0909. The highest BCUT2D eigenvalue weighted by Crippen LogP contribution is 1.97. The lowest BCUT2D eigenvalue weighted by Gasteiger charge is -2.04. The standard InChI is InChI=1S/C9H12FN3O3S/c1-11-17(15,16)6-5-12-9(14)7-3-2-4-8(10)13-7/h2-4,11H,5-6H2,1H3,(H,12,14). The number of nitrogens with zero attached hydrogens (tertiary/aromatic N) is 1. The predicted octanol–water partition coefficient (Wildman–Crippen LogP) is -0.500. The van der Waals surface area contributed by atoms with E-state index in [1.165, 1.54) is 19.2 Å². The smallest absolute Gasteiger partial charge is 0.270 e. The van der Waals surface area contributed by atoms with E-state index in [0.717, 1.165) is 6.07 Å². The minimum Gasteiger partial charge on any atom is -0.350 e. The number of nitrogens with one attached hydrogen (secondary N) is 2. The van der Waals surface area contributed by atoms with Gasteiger partial charge in [0.1, 0.15) is 5.69 Å². The molecule has 8 heteroatoms. The van der Waals surface area contributed by atoms with E-state index in [9.17, 15) is 17.6 Å². The summed E-state index contributed by atoms with van der Waals surface area (Å²) >= 11 is 0. The van der Waals surface area contributed by atoms with E-state index in [1.54, 1.807) is 0 Å². The SMILES string of the molecule is CNS(=O)(=O)CCNC(=O)c1cccc(F)n1. The lowest BCUT2D eigenvalue weighted by Crippen LogP contribution is -2.33. The molecule has 0 aliphatic carbocycles. The van der Waals surface area contributed by atoms with E-state index >= 15 is 0 Å².